The van der Waals surface area contributed by atoms with Gasteiger partial charge >= 0.3 is 0 Å². The lowest BCUT2D eigenvalue weighted by atomic mass is 10.1. The molecule has 2 nitrogen and oxygen atoms in total. The maximum atomic E-state index is 12.0. The highest BCUT2D eigenvalue weighted by Crippen LogP contribution is 2.31. The summed E-state index contributed by atoms with van der Waals surface area (Å²) in [5.74, 6) is 0.0783. The van der Waals surface area contributed by atoms with Gasteiger partial charge in [-0.3, -0.25) is 4.79 Å². The Balaban J connectivity index is 2.40. The van der Waals surface area contributed by atoms with Gasteiger partial charge in [-0.2, -0.15) is 0 Å². The third kappa shape index (κ3) is 3.24. The van der Waals surface area contributed by atoms with E-state index in [0.29, 0.717) is 0 Å². The van der Waals surface area contributed by atoms with E-state index < -0.39 is 0 Å². The number of hydrogen-bond acceptors (Lipinski definition) is 2. The number of amides is 1. The van der Waals surface area contributed by atoms with E-state index in [9.17, 15) is 4.79 Å². The van der Waals surface area contributed by atoms with E-state index in [1.807, 2.05) is 32.1 Å². The van der Waals surface area contributed by atoms with Gasteiger partial charge in [0, 0.05) is 11.4 Å². The number of hydrogen-bond donors (Lipinski definition) is 1. The SMILES string of the molecule is C\C=C/C=C(\C=C/C)c1cc2c(s1)C(=O)NCCC2. The van der Waals surface area contributed by atoms with Gasteiger partial charge in [0.05, 0.1) is 4.88 Å². The first-order valence-electron chi connectivity index (χ1n) is 6.63. The van der Waals surface area contributed by atoms with Crippen molar-refractivity contribution in [1.29, 1.82) is 0 Å². The maximum Gasteiger partial charge on any atom is 0.261 e. The molecule has 0 radical (unpaired) electrons. The van der Waals surface area contributed by atoms with Crippen molar-refractivity contribution in [2.24, 2.45) is 0 Å². The molecule has 0 saturated carbocycles. The van der Waals surface area contributed by atoms with Crippen LogP contribution in [0.5, 0.6) is 0 Å². The number of allylic oxidation sites excluding steroid dienone is 6. The molecule has 0 spiro atoms. The smallest absolute Gasteiger partial charge is 0.261 e. The van der Waals surface area contributed by atoms with Crippen LogP contribution >= 0.6 is 11.3 Å². The van der Waals surface area contributed by atoms with Crippen molar-refractivity contribution >= 4 is 22.8 Å². The summed E-state index contributed by atoms with van der Waals surface area (Å²) in [5, 5.41) is 2.95. The maximum absolute atomic E-state index is 12.0. The minimum atomic E-state index is 0.0783. The molecule has 0 bridgehead atoms. The normalized spacial score (nSPS) is 16.7. The minimum Gasteiger partial charge on any atom is -0.351 e. The van der Waals surface area contributed by atoms with Crippen molar-refractivity contribution in [3.05, 3.63) is 51.8 Å². The summed E-state index contributed by atoms with van der Waals surface area (Å²) in [5.41, 5.74) is 2.34. The molecule has 1 N–H and O–H groups in total. The number of carbonyl (C=O) groups excluding carboxylic acids is 1. The van der Waals surface area contributed by atoms with Crippen LogP contribution in [0.3, 0.4) is 0 Å². The van der Waals surface area contributed by atoms with Gasteiger partial charge in [0.1, 0.15) is 0 Å². The lowest BCUT2D eigenvalue weighted by molar-refractivity contribution is 0.0960. The molecule has 1 aromatic heterocycles. The fourth-order valence-electron chi connectivity index (χ4n) is 2.11. The van der Waals surface area contributed by atoms with Gasteiger partial charge in [-0.05, 0) is 43.9 Å². The molecule has 2 rings (SSSR count). The number of thiophene rings is 1. The summed E-state index contributed by atoms with van der Waals surface area (Å²) in [6.45, 7) is 4.79. The second kappa shape index (κ2) is 6.53. The molecule has 1 amide bonds. The summed E-state index contributed by atoms with van der Waals surface area (Å²) < 4.78 is 0. The Morgan fingerprint density at radius 3 is 2.95 bits per heavy atom. The largest absolute Gasteiger partial charge is 0.351 e. The Kier molecular flexibility index (Phi) is 4.74. The molecular formula is C16H19NOS. The second-order valence-corrected chi connectivity index (χ2v) is 5.52. The predicted octanol–water partition coefficient (Wildman–Crippen LogP) is 3.96. The first-order chi connectivity index (χ1) is 9.26. The van der Waals surface area contributed by atoms with Gasteiger partial charge in [-0.15, -0.1) is 11.3 Å². The van der Waals surface area contributed by atoms with Crippen molar-refractivity contribution in [2.45, 2.75) is 26.7 Å². The zero-order valence-corrected chi connectivity index (χ0v) is 12.2. The second-order valence-electron chi connectivity index (χ2n) is 4.47. The molecule has 0 unspecified atom stereocenters. The molecule has 3 heteroatoms. The quantitative estimate of drug-likeness (QED) is 0.830. The average Bonchev–Trinajstić information content (AvgIpc) is 2.76. The van der Waals surface area contributed by atoms with E-state index >= 15 is 0 Å². The van der Waals surface area contributed by atoms with Crippen molar-refractivity contribution in [1.82, 2.24) is 5.32 Å². The molecule has 0 fully saturated rings. The van der Waals surface area contributed by atoms with E-state index in [4.69, 9.17) is 0 Å². The van der Waals surface area contributed by atoms with Crippen molar-refractivity contribution < 1.29 is 4.79 Å². The Hall–Kier alpha value is -1.61. The monoisotopic (exact) mass is 273 g/mol. The van der Waals surface area contributed by atoms with Gasteiger partial charge < -0.3 is 5.32 Å². The number of carbonyl (C=O) groups is 1. The highest BCUT2D eigenvalue weighted by molar-refractivity contribution is 7.15. The highest BCUT2D eigenvalue weighted by atomic mass is 32.1. The van der Waals surface area contributed by atoms with E-state index in [-0.39, 0.29) is 5.91 Å². The summed E-state index contributed by atoms with van der Waals surface area (Å²) in [6, 6.07) is 2.17. The number of rotatable bonds is 3. The van der Waals surface area contributed by atoms with Crippen LogP contribution in [0.2, 0.25) is 0 Å². The number of aryl methyl sites for hydroxylation is 1. The standard InChI is InChI=1S/C16H19NOS/c1-3-5-8-12(7-4-2)14-11-13-9-6-10-17-16(18)15(13)19-14/h3-5,7-8,11H,6,9-10H2,1-2H3,(H,17,18)/b5-3-,7-4-,12-8+. The molecule has 2 heterocycles. The molecule has 19 heavy (non-hydrogen) atoms. The molecule has 1 aromatic rings. The first kappa shape index (κ1) is 13.8. The van der Waals surface area contributed by atoms with Gasteiger partial charge in [-0.25, -0.2) is 0 Å². The predicted molar refractivity (Wildman–Crippen MR) is 82.6 cm³/mol. The third-order valence-corrected chi connectivity index (χ3v) is 4.25. The Labute approximate surface area is 118 Å². The zero-order chi connectivity index (χ0) is 13.7. The third-order valence-electron chi connectivity index (χ3n) is 3.02. The molecule has 0 atom stereocenters. The fourth-order valence-corrected chi connectivity index (χ4v) is 3.24. The fraction of sp³-hybridized carbons (Fsp3) is 0.312. The Morgan fingerprint density at radius 2 is 2.21 bits per heavy atom. The van der Waals surface area contributed by atoms with E-state index in [2.05, 4.69) is 23.5 Å². The van der Waals surface area contributed by atoms with E-state index in [1.54, 1.807) is 11.3 Å². The first-order valence-corrected chi connectivity index (χ1v) is 7.45. The van der Waals surface area contributed by atoms with Crippen LogP contribution in [0.1, 0.15) is 40.4 Å². The summed E-state index contributed by atoms with van der Waals surface area (Å²) in [4.78, 5) is 14.0. The van der Waals surface area contributed by atoms with Gasteiger partial charge in [0.25, 0.3) is 5.91 Å². The van der Waals surface area contributed by atoms with E-state index in [1.165, 1.54) is 10.4 Å². The van der Waals surface area contributed by atoms with Crippen LogP contribution in [0, 0.1) is 0 Å². The molecule has 0 aliphatic carbocycles. The van der Waals surface area contributed by atoms with Crippen molar-refractivity contribution in [3.63, 3.8) is 0 Å². The topological polar surface area (TPSA) is 29.1 Å². The van der Waals surface area contributed by atoms with Gasteiger partial charge in [0.15, 0.2) is 0 Å². The van der Waals surface area contributed by atoms with Gasteiger partial charge in [0.2, 0.25) is 0 Å². The van der Waals surface area contributed by atoms with Crippen LogP contribution < -0.4 is 5.32 Å². The van der Waals surface area contributed by atoms with Crippen molar-refractivity contribution in [3.8, 4) is 0 Å². The molecule has 100 valence electrons. The van der Waals surface area contributed by atoms with Crippen LogP contribution in [0.15, 0.2) is 36.4 Å². The Bertz CT molecular complexity index is 549. The molecular weight excluding hydrogens is 254 g/mol. The summed E-state index contributed by atoms with van der Waals surface area (Å²) in [7, 11) is 0. The molecule has 1 aliphatic heterocycles. The van der Waals surface area contributed by atoms with Gasteiger partial charge in [-0.1, -0.05) is 30.4 Å². The summed E-state index contributed by atoms with van der Waals surface area (Å²) >= 11 is 1.59. The lowest BCUT2D eigenvalue weighted by Crippen LogP contribution is -2.21. The molecule has 0 saturated heterocycles. The van der Waals surface area contributed by atoms with Crippen LogP contribution in [-0.2, 0) is 6.42 Å². The number of fused-ring (bicyclic) bond motifs is 1. The van der Waals surface area contributed by atoms with Crippen molar-refractivity contribution in [2.75, 3.05) is 6.54 Å². The lowest BCUT2D eigenvalue weighted by Gasteiger charge is -1.98. The minimum absolute atomic E-state index is 0.0783. The van der Waals surface area contributed by atoms with Crippen LogP contribution in [0.4, 0.5) is 0 Å². The molecule has 1 aliphatic rings. The van der Waals surface area contributed by atoms with E-state index in [0.717, 1.165) is 29.8 Å². The average molecular weight is 273 g/mol. The number of nitrogens with one attached hydrogen (secondary N) is 1. The van der Waals surface area contributed by atoms with Crippen LogP contribution in [-0.4, -0.2) is 12.5 Å². The molecule has 0 aromatic carbocycles. The highest BCUT2D eigenvalue weighted by Gasteiger charge is 2.19. The van der Waals surface area contributed by atoms with Crippen LogP contribution in [0.25, 0.3) is 5.57 Å². The Morgan fingerprint density at radius 1 is 1.37 bits per heavy atom. The summed E-state index contributed by atoms with van der Waals surface area (Å²) in [6.07, 6.45) is 12.2. The zero-order valence-electron chi connectivity index (χ0n) is 11.4.